The number of fused-ring (bicyclic) bond motifs is 1. The molecule has 31 heavy (non-hydrogen) atoms. The lowest BCUT2D eigenvalue weighted by Crippen LogP contribution is -2.06. The van der Waals surface area contributed by atoms with E-state index in [1.165, 1.54) is 12.3 Å². The number of aryl methyl sites for hydroxylation is 1. The third kappa shape index (κ3) is 6.01. The number of aromatic nitrogens is 1. The zero-order valence-electron chi connectivity index (χ0n) is 16.5. The number of para-hydroxylation sites is 2. The summed E-state index contributed by atoms with van der Waals surface area (Å²) in [6.45, 7) is 1.82. The molecule has 0 radical (unpaired) electrons. The van der Waals surface area contributed by atoms with E-state index in [9.17, 15) is 22.0 Å². The van der Waals surface area contributed by atoms with E-state index in [0.717, 1.165) is 29.8 Å². The minimum Gasteiger partial charge on any atom is -0.489 e. The number of pyridine rings is 1. The molecule has 0 aliphatic heterocycles. The van der Waals surface area contributed by atoms with Crippen LogP contribution in [0.25, 0.3) is 10.9 Å². The number of alkyl halides is 3. The molecule has 0 saturated heterocycles. The van der Waals surface area contributed by atoms with Crippen LogP contribution < -0.4 is 4.74 Å². The zero-order chi connectivity index (χ0) is 22.4. The molecule has 7 heteroatoms. The summed E-state index contributed by atoms with van der Waals surface area (Å²) in [5.74, 6) is -0.295. The number of halogens is 5. The summed E-state index contributed by atoms with van der Waals surface area (Å²) in [6, 6.07) is 18.1. The smallest absolute Gasteiger partial charge is 0.418 e. The number of hydrogen-bond donors (Lipinski definition) is 0. The molecule has 0 spiro atoms. The van der Waals surface area contributed by atoms with Gasteiger partial charge in [0.15, 0.2) is 0 Å². The second-order valence-corrected chi connectivity index (χ2v) is 6.73. The molecule has 2 nitrogen and oxygen atoms in total. The predicted octanol–water partition coefficient (Wildman–Crippen LogP) is 7.11. The molecule has 0 unspecified atom stereocenters. The van der Waals surface area contributed by atoms with Crippen LogP contribution in [0.15, 0.2) is 79.0 Å². The fraction of sp³-hybridized carbons (Fsp3) is 0.125. The molecular formula is C24H18F5NO. The van der Waals surface area contributed by atoms with Crippen molar-refractivity contribution in [3.05, 3.63) is 107 Å². The lowest BCUT2D eigenvalue weighted by molar-refractivity contribution is -0.136. The highest BCUT2D eigenvalue weighted by atomic mass is 19.4. The van der Waals surface area contributed by atoms with Crippen molar-refractivity contribution in [3.63, 3.8) is 0 Å². The Morgan fingerprint density at radius 2 is 1.61 bits per heavy atom. The summed E-state index contributed by atoms with van der Waals surface area (Å²) in [6.07, 6.45) is -2.90. The van der Waals surface area contributed by atoms with Gasteiger partial charge < -0.3 is 4.74 Å². The topological polar surface area (TPSA) is 22.1 Å². The molecule has 1 heterocycles. The number of benzene rings is 3. The van der Waals surface area contributed by atoms with Crippen LogP contribution in [0.4, 0.5) is 22.0 Å². The second-order valence-electron chi connectivity index (χ2n) is 6.73. The number of ether oxygens (including phenoxy) is 1. The number of rotatable bonds is 3. The summed E-state index contributed by atoms with van der Waals surface area (Å²) in [4.78, 5) is 3.83. The van der Waals surface area contributed by atoms with Crippen molar-refractivity contribution in [2.24, 2.45) is 0 Å². The van der Waals surface area contributed by atoms with Gasteiger partial charge in [0.1, 0.15) is 24.0 Å². The van der Waals surface area contributed by atoms with E-state index in [2.05, 4.69) is 4.98 Å². The largest absolute Gasteiger partial charge is 0.489 e. The monoisotopic (exact) mass is 431 g/mol. The highest BCUT2D eigenvalue weighted by Gasteiger charge is 2.32. The van der Waals surface area contributed by atoms with Gasteiger partial charge in [0.2, 0.25) is 0 Å². The van der Waals surface area contributed by atoms with E-state index in [1.54, 1.807) is 31.2 Å². The molecule has 0 saturated carbocycles. The van der Waals surface area contributed by atoms with Gasteiger partial charge in [0, 0.05) is 17.1 Å². The molecule has 0 fully saturated rings. The average molecular weight is 431 g/mol. The van der Waals surface area contributed by atoms with Gasteiger partial charge in [-0.15, -0.1) is 0 Å². The third-order valence-corrected chi connectivity index (χ3v) is 4.30. The lowest BCUT2D eigenvalue weighted by atomic mass is 10.1. The Balaban J connectivity index is 0.000000176. The molecule has 0 aliphatic rings. The number of nitrogens with zero attached hydrogens (tertiary/aromatic N) is 1. The van der Waals surface area contributed by atoms with Gasteiger partial charge in [-0.3, -0.25) is 4.98 Å². The first-order valence-corrected chi connectivity index (χ1v) is 9.28. The maximum Gasteiger partial charge on any atom is 0.418 e. The average Bonchev–Trinajstić information content (AvgIpc) is 2.74. The van der Waals surface area contributed by atoms with Crippen LogP contribution in [0.2, 0.25) is 0 Å². The Labute approximate surface area is 175 Å². The molecule has 0 amide bonds. The van der Waals surface area contributed by atoms with Crippen molar-refractivity contribution in [2.75, 3.05) is 0 Å². The molecule has 4 rings (SSSR count). The molecule has 1 aromatic heterocycles. The normalized spacial score (nSPS) is 11.0. The van der Waals surface area contributed by atoms with Gasteiger partial charge in [-0.1, -0.05) is 30.3 Å². The Kier molecular flexibility index (Phi) is 6.84. The third-order valence-electron chi connectivity index (χ3n) is 4.30. The first kappa shape index (κ1) is 22.2. The quantitative estimate of drug-likeness (QED) is 0.323. The van der Waals surface area contributed by atoms with Gasteiger partial charge in [-0.2, -0.15) is 13.2 Å². The summed E-state index contributed by atoms with van der Waals surface area (Å²) in [7, 11) is 0. The van der Waals surface area contributed by atoms with Crippen molar-refractivity contribution < 1.29 is 26.7 Å². The van der Waals surface area contributed by atoms with Gasteiger partial charge in [0.25, 0.3) is 0 Å². The molecule has 0 aliphatic carbocycles. The standard InChI is InChI=1S/C13H10F2O.C11H8F3N/c14-11-6-7-13(15)10(8-11)9-16-12-4-2-1-3-5-12;1-7-5-8-3-2-4-9(11(12,13)14)10(8)15-6-7/h1-8H,9H2;2-6H,1H3. The summed E-state index contributed by atoms with van der Waals surface area (Å²) < 4.78 is 69.1. The van der Waals surface area contributed by atoms with Crippen molar-refractivity contribution in [3.8, 4) is 5.75 Å². The van der Waals surface area contributed by atoms with E-state index < -0.39 is 23.4 Å². The molecule has 160 valence electrons. The predicted molar refractivity (Wildman–Crippen MR) is 109 cm³/mol. The maximum atomic E-state index is 13.2. The van der Waals surface area contributed by atoms with Crippen LogP contribution in [0.3, 0.4) is 0 Å². The molecule has 4 aromatic rings. The van der Waals surface area contributed by atoms with E-state index in [4.69, 9.17) is 4.74 Å². The highest BCUT2D eigenvalue weighted by Crippen LogP contribution is 2.33. The van der Waals surface area contributed by atoms with Crippen LogP contribution in [-0.2, 0) is 12.8 Å². The summed E-state index contributed by atoms with van der Waals surface area (Å²) in [5.41, 5.74) is 0.390. The van der Waals surface area contributed by atoms with Crippen LogP contribution in [0.5, 0.6) is 5.75 Å². The molecule has 0 atom stereocenters. The molecular weight excluding hydrogens is 413 g/mol. The van der Waals surface area contributed by atoms with E-state index in [-0.39, 0.29) is 17.7 Å². The first-order chi connectivity index (χ1) is 14.7. The van der Waals surface area contributed by atoms with E-state index in [1.807, 2.05) is 18.2 Å². The second kappa shape index (κ2) is 9.55. The summed E-state index contributed by atoms with van der Waals surface area (Å²) >= 11 is 0. The number of hydrogen-bond acceptors (Lipinski definition) is 2. The maximum absolute atomic E-state index is 13.2. The van der Waals surface area contributed by atoms with Gasteiger partial charge in [-0.05, 0) is 55.0 Å². The minimum absolute atomic E-state index is 0.00981. The van der Waals surface area contributed by atoms with Crippen LogP contribution in [0, 0.1) is 18.6 Å². The van der Waals surface area contributed by atoms with Crippen LogP contribution >= 0.6 is 0 Å². The molecule has 0 N–H and O–H groups in total. The Bertz CT molecular complexity index is 1160. The minimum atomic E-state index is -4.35. The van der Waals surface area contributed by atoms with E-state index in [0.29, 0.717) is 11.1 Å². The van der Waals surface area contributed by atoms with Crippen molar-refractivity contribution in [1.29, 1.82) is 0 Å². The first-order valence-electron chi connectivity index (χ1n) is 9.28. The molecule has 3 aromatic carbocycles. The van der Waals surface area contributed by atoms with Crippen molar-refractivity contribution in [2.45, 2.75) is 19.7 Å². The van der Waals surface area contributed by atoms with Crippen molar-refractivity contribution in [1.82, 2.24) is 4.98 Å². The Morgan fingerprint density at radius 3 is 2.32 bits per heavy atom. The van der Waals surface area contributed by atoms with Crippen LogP contribution in [0.1, 0.15) is 16.7 Å². The SMILES string of the molecule is Cc1cnc2c(C(F)(F)F)cccc2c1.Fc1ccc(F)c(COc2ccccc2)c1. The highest BCUT2D eigenvalue weighted by molar-refractivity contribution is 5.82. The van der Waals surface area contributed by atoms with Gasteiger partial charge >= 0.3 is 6.18 Å². The Morgan fingerprint density at radius 1 is 0.871 bits per heavy atom. The van der Waals surface area contributed by atoms with Gasteiger partial charge in [0.05, 0.1) is 11.1 Å². The molecule has 0 bridgehead atoms. The fourth-order valence-electron chi connectivity index (χ4n) is 2.83. The Hall–Kier alpha value is -3.48. The lowest BCUT2D eigenvalue weighted by Gasteiger charge is -2.09. The van der Waals surface area contributed by atoms with Crippen LogP contribution in [-0.4, -0.2) is 4.98 Å². The summed E-state index contributed by atoms with van der Waals surface area (Å²) in [5, 5.41) is 0.518. The van der Waals surface area contributed by atoms with Crippen molar-refractivity contribution >= 4 is 10.9 Å². The van der Waals surface area contributed by atoms with E-state index >= 15 is 0 Å². The van der Waals surface area contributed by atoms with Gasteiger partial charge in [-0.25, -0.2) is 8.78 Å². The fourth-order valence-corrected chi connectivity index (χ4v) is 2.83. The zero-order valence-corrected chi connectivity index (χ0v) is 16.5.